The molecule has 1 atom stereocenters. The number of aliphatic hydroxyl groups is 1. The Labute approximate surface area is 152 Å². The number of carbonyl (C=O) groups excluding carboxylic acids is 2. The minimum absolute atomic E-state index is 0.0907. The summed E-state index contributed by atoms with van der Waals surface area (Å²) in [5, 5.41) is 20.0. The van der Waals surface area contributed by atoms with Crippen LogP contribution in [0.25, 0.3) is 0 Å². The summed E-state index contributed by atoms with van der Waals surface area (Å²) in [5.41, 5.74) is 3.32. The molecule has 1 aliphatic rings. The molecule has 1 heterocycles. The minimum Gasteiger partial charge on any atom is -0.508 e. The average molecular weight is 351 g/mol. The number of benzene rings is 2. The van der Waals surface area contributed by atoms with Gasteiger partial charge in [-0.25, -0.2) is 0 Å². The van der Waals surface area contributed by atoms with Crippen molar-refractivity contribution in [3.8, 4) is 5.75 Å². The number of hydrogen-bond donors (Lipinski definition) is 2. The molecular weight excluding hydrogens is 330 g/mol. The zero-order chi connectivity index (χ0) is 19.0. The van der Waals surface area contributed by atoms with Gasteiger partial charge in [0.05, 0.1) is 11.6 Å². The molecule has 0 bridgehead atoms. The number of nitrogens with zero attached hydrogens (tertiary/aromatic N) is 1. The number of rotatable bonds is 4. The number of Topliss-reactive ketones (excluding diaryl/α,β-unsaturated/α-hetero) is 1. The maximum absolute atomic E-state index is 12.9. The number of aromatic hydroxyl groups is 1. The topological polar surface area (TPSA) is 77.8 Å². The largest absolute Gasteiger partial charge is 0.508 e. The van der Waals surface area contributed by atoms with Crippen LogP contribution < -0.4 is 4.90 Å². The SMILES string of the molecule is CCC(=O)C1=C(O)C(=O)N(c2cccc(C)c2C)C1c1ccc(O)cc1. The van der Waals surface area contributed by atoms with Gasteiger partial charge in [-0.15, -0.1) is 0 Å². The lowest BCUT2D eigenvalue weighted by atomic mass is 9.94. The molecule has 0 spiro atoms. The highest BCUT2D eigenvalue weighted by molar-refractivity contribution is 6.16. The van der Waals surface area contributed by atoms with Gasteiger partial charge in [0, 0.05) is 12.1 Å². The molecule has 134 valence electrons. The van der Waals surface area contributed by atoms with Crippen LogP contribution in [-0.4, -0.2) is 21.9 Å². The molecule has 1 unspecified atom stereocenters. The lowest BCUT2D eigenvalue weighted by Gasteiger charge is -2.28. The van der Waals surface area contributed by atoms with Crippen LogP contribution in [0.5, 0.6) is 5.75 Å². The van der Waals surface area contributed by atoms with Gasteiger partial charge in [0.2, 0.25) is 0 Å². The van der Waals surface area contributed by atoms with E-state index in [2.05, 4.69) is 0 Å². The minimum atomic E-state index is -0.726. The standard InChI is InChI=1S/C21H21NO4/c1-4-17(24)18-19(14-8-10-15(23)11-9-14)22(21(26)20(18)25)16-7-5-6-12(2)13(16)3/h5-11,19,23,25H,4H2,1-3H3. The molecule has 1 aliphatic heterocycles. The Morgan fingerprint density at radius 1 is 1.08 bits per heavy atom. The van der Waals surface area contributed by atoms with E-state index in [4.69, 9.17) is 0 Å². The van der Waals surface area contributed by atoms with Crippen molar-refractivity contribution >= 4 is 17.4 Å². The Bertz CT molecular complexity index is 912. The fraction of sp³-hybridized carbons (Fsp3) is 0.238. The Morgan fingerprint density at radius 3 is 2.35 bits per heavy atom. The third-order valence-corrected chi connectivity index (χ3v) is 4.87. The number of ketones is 1. The number of phenolic OH excluding ortho intramolecular Hbond substituents is 1. The molecular formula is C21H21NO4. The van der Waals surface area contributed by atoms with Crippen molar-refractivity contribution in [1.82, 2.24) is 0 Å². The maximum atomic E-state index is 12.9. The van der Waals surface area contributed by atoms with Crippen molar-refractivity contribution in [2.45, 2.75) is 33.2 Å². The van der Waals surface area contributed by atoms with Gasteiger partial charge < -0.3 is 10.2 Å². The van der Waals surface area contributed by atoms with Crippen LogP contribution in [0.2, 0.25) is 0 Å². The third-order valence-electron chi connectivity index (χ3n) is 4.87. The van der Waals surface area contributed by atoms with Crippen molar-refractivity contribution in [1.29, 1.82) is 0 Å². The van der Waals surface area contributed by atoms with Crippen molar-refractivity contribution in [3.63, 3.8) is 0 Å². The molecule has 1 amide bonds. The highest BCUT2D eigenvalue weighted by Gasteiger charge is 2.44. The van der Waals surface area contributed by atoms with E-state index in [-0.39, 0.29) is 23.5 Å². The van der Waals surface area contributed by atoms with E-state index >= 15 is 0 Å². The molecule has 5 heteroatoms. The second-order valence-electron chi connectivity index (χ2n) is 6.43. The van der Waals surface area contributed by atoms with E-state index in [1.54, 1.807) is 25.1 Å². The lowest BCUT2D eigenvalue weighted by molar-refractivity contribution is -0.118. The zero-order valence-electron chi connectivity index (χ0n) is 15.0. The normalized spacial score (nSPS) is 17.1. The second-order valence-corrected chi connectivity index (χ2v) is 6.43. The number of amides is 1. The average Bonchev–Trinajstić information content (AvgIpc) is 2.89. The first-order valence-electron chi connectivity index (χ1n) is 8.51. The Balaban J connectivity index is 2.23. The van der Waals surface area contributed by atoms with Gasteiger partial charge in [-0.3, -0.25) is 14.5 Å². The summed E-state index contributed by atoms with van der Waals surface area (Å²) in [6.07, 6.45) is 0.182. The molecule has 0 radical (unpaired) electrons. The van der Waals surface area contributed by atoms with Gasteiger partial charge in [0.1, 0.15) is 5.75 Å². The molecule has 0 saturated heterocycles. The molecule has 0 aliphatic carbocycles. The lowest BCUT2D eigenvalue weighted by Crippen LogP contribution is -2.31. The van der Waals surface area contributed by atoms with Crippen LogP contribution in [0.1, 0.15) is 36.1 Å². The molecule has 3 rings (SSSR count). The van der Waals surface area contributed by atoms with Crippen LogP contribution in [0.15, 0.2) is 53.8 Å². The van der Waals surface area contributed by atoms with E-state index < -0.39 is 17.7 Å². The van der Waals surface area contributed by atoms with Crippen LogP contribution >= 0.6 is 0 Å². The smallest absolute Gasteiger partial charge is 0.294 e. The van der Waals surface area contributed by atoms with Gasteiger partial charge in [0.25, 0.3) is 5.91 Å². The molecule has 0 aromatic heterocycles. The molecule has 2 aromatic carbocycles. The fourth-order valence-corrected chi connectivity index (χ4v) is 3.30. The number of aryl methyl sites for hydroxylation is 1. The first-order valence-corrected chi connectivity index (χ1v) is 8.51. The second kappa shape index (κ2) is 6.67. The quantitative estimate of drug-likeness (QED) is 0.876. The van der Waals surface area contributed by atoms with Crippen molar-refractivity contribution in [2.24, 2.45) is 0 Å². The van der Waals surface area contributed by atoms with Crippen LogP contribution in [-0.2, 0) is 9.59 Å². The van der Waals surface area contributed by atoms with Crippen molar-refractivity contribution in [3.05, 3.63) is 70.5 Å². The highest BCUT2D eigenvalue weighted by atomic mass is 16.3. The van der Waals surface area contributed by atoms with Crippen LogP contribution in [0.3, 0.4) is 0 Å². The molecule has 26 heavy (non-hydrogen) atoms. The van der Waals surface area contributed by atoms with E-state index in [0.29, 0.717) is 11.3 Å². The maximum Gasteiger partial charge on any atom is 0.294 e. The van der Waals surface area contributed by atoms with E-state index in [9.17, 15) is 19.8 Å². The zero-order valence-corrected chi connectivity index (χ0v) is 15.0. The highest BCUT2D eigenvalue weighted by Crippen LogP contribution is 2.42. The summed E-state index contributed by atoms with van der Waals surface area (Å²) >= 11 is 0. The number of aliphatic hydroxyl groups excluding tert-OH is 1. The van der Waals surface area contributed by atoms with Gasteiger partial charge in [-0.2, -0.15) is 0 Å². The first-order chi connectivity index (χ1) is 12.4. The summed E-state index contributed by atoms with van der Waals surface area (Å²) in [5.74, 6) is -1.28. The number of anilines is 1. The molecule has 0 fully saturated rings. The predicted octanol–water partition coefficient (Wildman–Crippen LogP) is 3.89. The molecule has 0 saturated carbocycles. The van der Waals surface area contributed by atoms with Gasteiger partial charge in [-0.05, 0) is 48.7 Å². The number of phenols is 1. The summed E-state index contributed by atoms with van der Waals surface area (Å²) < 4.78 is 0. The number of hydrogen-bond acceptors (Lipinski definition) is 4. The summed E-state index contributed by atoms with van der Waals surface area (Å²) in [7, 11) is 0. The third kappa shape index (κ3) is 2.75. The van der Waals surface area contributed by atoms with E-state index in [1.807, 2.05) is 26.0 Å². The van der Waals surface area contributed by atoms with Gasteiger partial charge in [-0.1, -0.05) is 31.2 Å². The van der Waals surface area contributed by atoms with Crippen LogP contribution in [0, 0.1) is 13.8 Å². The Morgan fingerprint density at radius 2 is 1.73 bits per heavy atom. The summed E-state index contributed by atoms with van der Waals surface area (Å²) in [4.78, 5) is 26.8. The van der Waals surface area contributed by atoms with E-state index in [1.165, 1.54) is 17.0 Å². The molecule has 2 aromatic rings. The molecule has 5 nitrogen and oxygen atoms in total. The fourth-order valence-electron chi connectivity index (χ4n) is 3.30. The van der Waals surface area contributed by atoms with Crippen molar-refractivity contribution in [2.75, 3.05) is 4.90 Å². The predicted molar refractivity (Wildman–Crippen MR) is 99.2 cm³/mol. The van der Waals surface area contributed by atoms with Gasteiger partial charge >= 0.3 is 0 Å². The van der Waals surface area contributed by atoms with Crippen LogP contribution in [0.4, 0.5) is 5.69 Å². The van der Waals surface area contributed by atoms with E-state index in [0.717, 1.165) is 11.1 Å². The summed E-state index contributed by atoms with van der Waals surface area (Å²) in [6.45, 7) is 5.55. The van der Waals surface area contributed by atoms with Crippen molar-refractivity contribution < 1.29 is 19.8 Å². The van der Waals surface area contributed by atoms with Gasteiger partial charge in [0.15, 0.2) is 11.5 Å². The Kier molecular flexibility index (Phi) is 4.55. The monoisotopic (exact) mass is 351 g/mol. The number of carbonyl (C=O) groups is 2. The summed E-state index contributed by atoms with van der Waals surface area (Å²) in [6, 6.07) is 11.2. The first kappa shape index (κ1) is 17.7. The molecule has 2 N–H and O–H groups in total. The Hall–Kier alpha value is -3.08.